The van der Waals surface area contributed by atoms with E-state index in [2.05, 4.69) is 20.5 Å². The number of rotatable bonds is 8. The van der Waals surface area contributed by atoms with Gasteiger partial charge in [-0.25, -0.2) is 9.59 Å². The molecule has 34 heavy (non-hydrogen) atoms. The summed E-state index contributed by atoms with van der Waals surface area (Å²) in [5, 5.41) is 11.9. The van der Waals surface area contributed by atoms with Gasteiger partial charge in [-0.3, -0.25) is 0 Å². The summed E-state index contributed by atoms with van der Waals surface area (Å²) in [5.74, 6) is 0.183. The summed E-state index contributed by atoms with van der Waals surface area (Å²) in [4.78, 5) is 27.1. The number of nitrogens with zero attached hydrogens (tertiary/aromatic N) is 2. The van der Waals surface area contributed by atoms with Crippen molar-refractivity contribution in [3.05, 3.63) is 83.7 Å². The highest BCUT2D eigenvalue weighted by atomic mass is 16.6. The molecule has 10 nitrogen and oxygen atoms in total. The highest BCUT2D eigenvalue weighted by Crippen LogP contribution is 2.28. The molecule has 2 aromatic heterocycles. The van der Waals surface area contributed by atoms with Gasteiger partial charge in [-0.1, -0.05) is 48.5 Å². The molecule has 4 rings (SSSR count). The molecular weight excluding hydrogens is 438 g/mol. The van der Waals surface area contributed by atoms with Crippen LogP contribution < -0.4 is 11.1 Å². The largest absolute Gasteiger partial charge is 0.445 e. The lowest BCUT2D eigenvalue weighted by atomic mass is 10.0. The van der Waals surface area contributed by atoms with Crippen LogP contribution in [0.1, 0.15) is 42.8 Å². The van der Waals surface area contributed by atoms with E-state index >= 15 is 0 Å². The number of carbonyl (C=O) groups is 2. The van der Waals surface area contributed by atoms with Crippen LogP contribution in [0.15, 0.2) is 65.2 Å². The smallest absolute Gasteiger partial charge is 0.408 e. The molecule has 0 unspecified atom stereocenters. The third-order valence-corrected chi connectivity index (χ3v) is 5.21. The van der Waals surface area contributed by atoms with Gasteiger partial charge in [0.1, 0.15) is 12.6 Å². The minimum absolute atomic E-state index is 0.0460. The number of benzene rings is 2. The van der Waals surface area contributed by atoms with E-state index in [0.717, 1.165) is 22.0 Å². The van der Waals surface area contributed by atoms with Gasteiger partial charge in [-0.15, -0.1) is 10.2 Å². The zero-order chi connectivity index (χ0) is 24.1. The van der Waals surface area contributed by atoms with E-state index in [9.17, 15) is 9.59 Å². The molecule has 0 aliphatic rings. The maximum absolute atomic E-state index is 12.6. The third-order valence-electron chi connectivity index (χ3n) is 5.21. The number of aromatic amines is 1. The number of ether oxygens (including phenoxy) is 2. The zero-order valence-corrected chi connectivity index (χ0v) is 18.8. The number of alkyl carbamates (subject to hydrolysis) is 1. The van der Waals surface area contributed by atoms with Crippen molar-refractivity contribution in [1.82, 2.24) is 20.5 Å². The van der Waals surface area contributed by atoms with Crippen LogP contribution in [0.4, 0.5) is 9.59 Å². The fourth-order valence-corrected chi connectivity index (χ4v) is 3.54. The van der Waals surface area contributed by atoms with Crippen molar-refractivity contribution in [2.75, 3.05) is 0 Å². The Balaban J connectivity index is 1.56. The van der Waals surface area contributed by atoms with E-state index in [4.69, 9.17) is 19.6 Å². The van der Waals surface area contributed by atoms with E-state index in [-0.39, 0.29) is 18.4 Å². The number of amides is 2. The number of nitrogens with one attached hydrogen (secondary N) is 2. The second-order valence-corrected chi connectivity index (χ2v) is 8.20. The lowest BCUT2D eigenvalue weighted by Gasteiger charge is -2.19. The molecule has 0 aliphatic heterocycles. The van der Waals surface area contributed by atoms with Crippen molar-refractivity contribution in [2.24, 2.45) is 5.73 Å². The van der Waals surface area contributed by atoms with Crippen molar-refractivity contribution in [1.29, 1.82) is 0 Å². The molecule has 4 N–H and O–H groups in total. The molecule has 2 amide bonds. The van der Waals surface area contributed by atoms with Gasteiger partial charge in [0.05, 0.1) is 0 Å². The molecule has 2 heterocycles. The van der Waals surface area contributed by atoms with Crippen LogP contribution in [0.5, 0.6) is 0 Å². The van der Waals surface area contributed by atoms with E-state index in [1.54, 1.807) is 13.8 Å². The fourth-order valence-electron chi connectivity index (χ4n) is 3.54. The number of primary amides is 1. The van der Waals surface area contributed by atoms with Crippen molar-refractivity contribution in [3.63, 3.8) is 0 Å². The summed E-state index contributed by atoms with van der Waals surface area (Å²) in [6.07, 6.45) is 0.610. The van der Waals surface area contributed by atoms with E-state index in [1.807, 2.05) is 60.8 Å². The molecule has 0 saturated heterocycles. The molecule has 0 radical (unpaired) electrons. The Morgan fingerprint density at radius 2 is 1.85 bits per heavy atom. The van der Waals surface area contributed by atoms with Gasteiger partial charge in [0.15, 0.2) is 5.60 Å². The molecular formula is C24H25N5O5. The number of carbonyl (C=O) groups excluding carboxylic acids is 2. The predicted octanol–water partition coefficient (Wildman–Crippen LogP) is 4.09. The first kappa shape index (κ1) is 22.8. The SMILES string of the molecule is CC(C)(OC(N)=O)c1nnc([C@H](Cc2c[nH]c3ccccc23)NC(=O)OCc2ccccc2)o1. The Bertz CT molecular complexity index is 1280. The number of nitrogens with two attached hydrogens (primary N) is 1. The van der Waals surface area contributed by atoms with Gasteiger partial charge in [0.25, 0.3) is 5.89 Å². The highest BCUT2D eigenvalue weighted by molar-refractivity contribution is 5.83. The first-order valence-corrected chi connectivity index (χ1v) is 10.7. The molecule has 0 aliphatic carbocycles. The Hall–Kier alpha value is -4.34. The van der Waals surface area contributed by atoms with Gasteiger partial charge < -0.3 is 29.9 Å². The normalized spacial score (nSPS) is 12.3. The zero-order valence-electron chi connectivity index (χ0n) is 18.8. The molecule has 0 saturated carbocycles. The van der Waals surface area contributed by atoms with Crippen molar-refractivity contribution < 1.29 is 23.5 Å². The molecule has 10 heteroatoms. The summed E-state index contributed by atoms with van der Waals surface area (Å²) < 4.78 is 16.3. The van der Waals surface area contributed by atoms with Crippen LogP contribution in [0.25, 0.3) is 10.9 Å². The number of H-pyrrole nitrogens is 1. The van der Waals surface area contributed by atoms with Gasteiger partial charge in [-0.05, 0) is 31.0 Å². The Morgan fingerprint density at radius 3 is 2.62 bits per heavy atom. The standard InChI is InChI=1S/C24H25N5O5/c1-24(2,34-22(25)30)21-29-28-20(33-21)19(12-16-13-26-18-11-7-6-10-17(16)18)27-23(31)32-14-15-8-4-3-5-9-15/h3-11,13,19,26H,12,14H2,1-2H3,(H2,25,30)(H,27,31)/t19-/m0/s1. The summed E-state index contributed by atoms with van der Waals surface area (Å²) in [6.45, 7) is 3.26. The van der Waals surface area contributed by atoms with Gasteiger partial charge in [0, 0.05) is 23.5 Å². The monoisotopic (exact) mass is 463 g/mol. The van der Waals surface area contributed by atoms with Crippen LogP contribution in [0.3, 0.4) is 0 Å². The number of fused-ring (bicyclic) bond motifs is 1. The van der Waals surface area contributed by atoms with E-state index in [0.29, 0.717) is 6.42 Å². The van der Waals surface area contributed by atoms with Crippen LogP contribution in [0.2, 0.25) is 0 Å². The minimum Gasteiger partial charge on any atom is -0.445 e. The van der Waals surface area contributed by atoms with Crippen LogP contribution >= 0.6 is 0 Å². The first-order chi connectivity index (χ1) is 16.3. The molecule has 176 valence electrons. The Kier molecular flexibility index (Phi) is 6.48. The van der Waals surface area contributed by atoms with E-state index in [1.165, 1.54) is 0 Å². The average Bonchev–Trinajstić information content (AvgIpc) is 3.46. The molecule has 1 atom stereocenters. The third kappa shape index (κ3) is 5.34. The summed E-state index contributed by atoms with van der Waals surface area (Å²) in [6, 6.07) is 16.5. The molecule has 0 bridgehead atoms. The quantitative estimate of drug-likeness (QED) is 0.357. The second kappa shape index (κ2) is 9.65. The predicted molar refractivity (Wildman–Crippen MR) is 122 cm³/mol. The number of hydrogen-bond acceptors (Lipinski definition) is 7. The van der Waals surface area contributed by atoms with Crippen molar-refractivity contribution in [2.45, 2.75) is 38.5 Å². The summed E-state index contributed by atoms with van der Waals surface area (Å²) >= 11 is 0. The number of hydrogen-bond donors (Lipinski definition) is 3. The molecule has 0 fully saturated rings. The summed E-state index contributed by atoms with van der Waals surface area (Å²) in [7, 11) is 0. The minimum atomic E-state index is -1.24. The number of para-hydroxylation sites is 1. The maximum Gasteiger partial charge on any atom is 0.408 e. The van der Waals surface area contributed by atoms with Crippen molar-refractivity contribution >= 4 is 23.1 Å². The lowest BCUT2D eigenvalue weighted by Crippen LogP contribution is -2.31. The molecule has 0 spiro atoms. The Labute approximate surface area is 195 Å². The van der Waals surface area contributed by atoms with Gasteiger partial charge >= 0.3 is 12.2 Å². The van der Waals surface area contributed by atoms with E-state index < -0.39 is 23.8 Å². The van der Waals surface area contributed by atoms with Crippen LogP contribution in [0, 0.1) is 0 Å². The lowest BCUT2D eigenvalue weighted by molar-refractivity contribution is 0.0208. The first-order valence-electron chi connectivity index (χ1n) is 10.7. The topological polar surface area (TPSA) is 145 Å². The highest BCUT2D eigenvalue weighted by Gasteiger charge is 2.33. The second-order valence-electron chi connectivity index (χ2n) is 8.20. The molecule has 4 aromatic rings. The fraction of sp³-hybridized carbons (Fsp3) is 0.250. The van der Waals surface area contributed by atoms with Crippen molar-refractivity contribution in [3.8, 4) is 0 Å². The maximum atomic E-state index is 12.6. The van der Waals surface area contributed by atoms with Crippen LogP contribution in [-0.2, 0) is 28.1 Å². The average molecular weight is 463 g/mol. The van der Waals surface area contributed by atoms with Gasteiger partial charge in [-0.2, -0.15) is 0 Å². The molecule has 2 aromatic carbocycles. The summed E-state index contributed by atoms with van der Waals surface area (Å²) in [5.41, 5.74) is 6.67. The van der Waals surface area contributed by atoms with Crippen LogP contribution in [-0.4, -0.2) is 27.4 Å². The van der Waals surface area contributed by atoms with Gasteiger partial charge in [0.2, 0.25) is 5.89 Å². The Morgan fingerprint density at radius 1 is 1.12 bits per heavy atom. The number of aromatic nitrogens is 3.